The van der Waals surface area contributed by atoms with Gasteiger partial charge >= 0.3 is 0 Å². The molecule has 0 aliphatic carbocycles. The van der Waals surface area contributed by atoms with Crippen LogP contribution in [0.25, 0.3) is 0 Å². The SMILES string of the molecule is CC(=O)NC(=S)NCc1ccc(Cl)cc1Cl. The lowest BCUT2D eigenvalue weighted by Crippen LogP contribution is -2.37. The van der Waals surface area contributed by atoms with Crippen LogP contribution in [0.3, 0.4) is 0 Å². The summed E-state index contributed by atoms with van der Waals surface area (Å²) in [6, 6.07) is 5.20. The molecule has 0 atom stereocenters. The monoisotopic (exact) mass is 276 g/mol. The molecule has 1 amide bonds. The summed E-state index contributed by atoms with van der Waals surface area (Å²) in [7, 11) is 0. The third kappa shape index (κ3) is 4.35. The van der Waals surface area contributed by atoms with E-state index < -0.39 is 0 Å². The van der Waals surface area contributed by atoms with Crippen LogP contribution in [0.2, 0.25) is 10.0 Å². The van der Waals surface area contributed by atoms with Crippen molar-refractivity contribution in [3.63, 3.8) is 0 Å². The molecule has 0 unspecified atom stereocenters. The molecule has 0 fully saturated rings. The minimum absolute atomic E-state index is 0.209. The summed E-state index contributed by atoms with van der Waals surface area (Å²) in [4.78, 5) is 10.7. The normalized spacial score (nSPS) is 9.69. The molecule has 0 spiro atoms. The number of carbonyl (C=O) groups is 1. The molecular weight excluding hydrogens is 267 g/mol. The second-order valence-corrected chi connectivity index (χ2v) is 4.35. The van der Waals surface area contributed by atoms with Crippen LogP contribution in [0.1, 0.15) is 12.5 Å². The minimum Gasteiger partial charge on any atom is -0.358 e. The number of nitrogens with one attached hydrogen (secondary N) is 2. The van der Waals surface area contributed by atoms with Crippen LogP contribution < -0.4 is 10.6 Å². The van der Waals surface area contributed by atoms with E-state index in [1.807, 2.05) is 0 Å². The maximum atomic E-state index is 10.7. The quantitative estimate of drug-likeness (QED) is 0.816. The fraction of sp³-hybridized carbons (Fsp3) is 0.200. The fourth-order valence-corrected chi connectivity index (χ4v) is 1.74. The van der Waals surface area contributed by atoms with E-state index in [1.54, 1.807) is 18.2 Å². The highest BCUT2D eigenvalue weighted by molar-refractivity contribution is 7.80. The molecule has 16 heavy (non-hydrogen) atoms. The van der Waals surface area contributed by atoms with E-state index in [4.69, 9.17) is 35.4 Å². The first-order valence-corrected chi connectivity index (χ1v) is 5.65. The Morgan fingerprint density at radius 1 is 1.44 bits per heavy atom. The molecule has 3 nitrogen and oxygen atoms in total. The highest BCUT2D eigenvalue weighted by Gasteiger charge is 2.03. The van der Waals surface area contributed by atoms with Gasteiger partial charge in [-0.05, 0) is 29.9 Å². The number of halogens is 2. The van der Waals surface area contributed by atoms with E-state index in [0.717, 1.165) is 5.56 Å². The second kappa shape index (κ2) is 6.03. The van der Waals surface area contributed by atoms with E-state index in [0.29, 0.717) is 16.6 Å². The van der Waals surface area contributed by atoms with Crippen molar-refractivity contribution in [1.29, 1.82) is 0 Å². The van der Waals surface area contributed by atoms with Gasteiger partial charge in [0.1, 0.15) is 0 Å². The zero-order valence-electron chi connectivity index (χ0n) is 8.51. The third-order valence-corrected chi connectivity index (χ3v) is 2.58. The average molecular weight is 277 g/mol. The molecule has 1 rings (SSSR count). The van der Waals surface area contributed by atoms with Crippen molar-refractivity contribution in [2.24, 2.45) is 0 Å². The molecule has 1 aromatic rings. The highest BCUT2D eigenvalue weighted by atomic mass is 35.5. The number of hydrogen-bond acceptors (Lipinski definition) is 2. The third-order valence-electron chi connectivity index (χ3n) is 1.74. The van der Waals surface area contributed by atoms with E-state index >= 15 is 0 Å². The van der Waals surface area contributed by atoms with Gasteiger partial charge in [-0.25, -0.2) is 0 Å². The van der Waals surface area contributed by atoms with Gasteiger partial charge in [0.2, 0.25) is 5.91 Å². The molecule has 0 radical (unpaired) electrons. The van der Waals surface area contributed by atoms with Gasteiger partial charge in [0.25, 0.3) is 0 Å². The molecule has 0 aromatic heterocycles. The Hall–Kier alpha value is -0.840. The fourth-order valence-electron chi connectivity index (χ4n) is 1.04. The zero-order valence-corrected chi connectivity index (χ0v) is 10.8. The van der Waals surface area contributed by atoms with Gasteiger partial charge in [0.05, 0.1) is 0 Å². The Labute approximate surface area is 109 Å². The lowest BCUT2D eigenvalue weighted by Gasteiger charge is -2.09. The number of amides is 1. The molecule has 1 aromatic carbocycles. The first-order chi connectivity index (χ1) is 7.49. The lowest BCUT2D eigenvalue weighted by molar-refractivity contribution is -0.117. The lowest BCUT2D eigenvalue weighted by atomic mass is 10.2. The molecule has 0 aliphatic rings. The summed E-state index contributed by atoms with van der Waals surface area (Å²) < 4.78 is 0. The largest absolute Gasteiger partial charge is 0.358 e. The molecule has 0 bridgehead atoms. The van der Waals surface area contributed by atoms with Crippen LogP contribution in [0.5, 0.6) is 0 Å². The zero-order chi connectivity index (χ0) is 12.1. The van der Waals surface area contributed by atoms with Crippen molar-refractivity contribution in [3.05, 3.63) is 33.8 Å². The van der Waals surface area contributed by atoms with E-state index in [-0.39, 0.29) is 11.0 Å². The van der Waals surface area contributed by atoms with Crippen molar-refractivity contribution < 1.29 is 4.79 Å². The summed E-state index contributed by atoms with van der Waals surface area (Å²) in [5.74, 6) is -0.209. The van der Waals surface area contributed by atoms with Crippen molar-refractivity contribution >= 4 is 46.4 Å². The van der Waals surface area contributed by atoms with E-state index in [1.165, 1.54) is 6.92 Å². The smallest absolute Gasteiger partial charge is 0.222 e. The van der Waals surface area contributed by atoms with E-state index in [2.05, 4.69) is 10.6 Å². The number of carbonyl (C=O) groups excluding carboxylic acids is 1. The van der Waals surface area contributed by atoms with Gasteiger partial charge in [0, 0.05) is 23.5 Å². The maximum absolute atomic E-state index is 10.7. The van der Waals surface area contributed by atoms with Crippen LogP contribution in [0.4, 0.5) is 0 Å². The van der Waals surface area contributed by atoms with Gasteiger partial charge in [0.15, 0.2) is 5.11 Å². The van der Waals surface area contributed by atoms with Crippen molar-refractivity contribution in [2.75, 3.05) is 0 Å². The molecule has 0 saturated heterocycles. The van der Waals surface area contributed by atoms with Gasteiger partial charge in [-0.15, -0.1) is 0 Å². The Kier molecular flexibility index (Phi) is 4.99. The van der Waals surface area contributed by atoms with Crippen LogP contribution >= 0.6 is 35.4 Å². The average Bonchev–Trinajstić information content (AvgIpc) is 2.15. The van der Waals surface area contributed by atoms with Gasteiger partial charge < -0.3 is 10.6 Å². The predicted molar refractivity (Wildman–Crippen MR) is 69.7 cm³/mol. The van der Waals surface area contributed by atoms with Gasteiger partial charge in [-0.1, -0.05) is 29.3 Å². The van der Waals surface area contributed by atoms with Crippen molar-refractivity contribution in [3.8, 4) is 0 Å². The van der Waals surface area contributed by atoms with Crippen LogP contribution in [-0.2, 0) is 11.3 Å². The Morgan fingerprint density at radius 3 is 2.69 bits per heavy atom. The Morgan fingerprint density at radius 2 is 2.12 bits per heavy atom. The van der Waals surface area contributed by atoms with Crippen LogP contribution in [-0.4, -0.2) is 11.0 Å². The summed E-state index contributed by atoms with van der Waals surface area (Å²) in [5, 5.41) is 6.74. The summed E-state index contributed by atoms with van der Waals surface area (Å²) in [5.41, 5.74) is 0.860. The van der Waals surface area contributed by atoms with Crippen molar-refractivity contribution in [2.45, 2.75) is 13.5 Å². The molecule has 0 heterocycles. The summed E-state index contributed by atoms with van der Waals surface area (Å²) in [6.45, 7) is 1.83. The standard InChI is InChI=1S/C10H10Cl2N2OS/c1-6(15)14-10(16)13-5-7-2-3-8(11)4-9(7)12/h2-4H,5H2,1H3,(H2,13,14,15,16). The molecule has 0 saturated carbocycles. The predicted octanol–water partition coefficient (Wildman–Crippen LogP) is 2.50. The molecule has 0 aliphatic heterocycles. The summed E-state index contributed by atoms with van der Waals surface area (Å²) >= 11 is 16.6. The minimum atomic E-state index is -0.209. The number of hydrogen-bond donors (Lipinski definition) is 2. The highest BCUT2D eigenvalue weighted by Crippen LogP contribution is 2.20. The number of thiocarbonyl (C=S) groups is 1. The van der Waals surface area contributed by atoms with Gasteiger partial charge in [-0.3, -0.25) is 4.79 Å². The van der Waals surface area contributed by atoms with Crippen molar-refractivity contribution in [1.82, 2.24) is 10.6 Å². The summed E-state index contributed by atoms with van der Waals surface area (Å²) in [6.07, 6.45) is 0. The Bertz CT molecular complexity index is 423. The second-order valence-electron chi connectivity index (χ2n) is 3.10. The van der Waals surface area contributed by atoms with Crippen LogP contribution in [0, 0.1) is 0 Å². The first kappa shape index (κ1) is 13.2. The first-order valence-electron chi connectivity index (χ1n) is 4.48. The number of rotatable bonds is 2. The molecule has 86 valence electrons. The molecular formula is C10H10Cl2N2OS. The molecule has 2 N–H and O–H groups in total. The topological polar surface area (TPSA) is 41.1 Å². The number of benzene rings is 1. The Balaban J connectivity index is 2.54. The van der Waals surface area contributed by atoms with Crippen LogP contribution in [0.15, 0.2) is 18.2 Å². The van der Waals surface area contributed by atoms with Gasteiger partial charge in [-0.2, -0.15) is 0 Å². The maximum Gasteiger partial charge on any atom is 0.222 e. The molecule has 6 heteroatoms. The van der Waals surface area contributed by atoms with E-state index in [9.17, 15) is 4.79 Å².